The minimum absolute atomic E-state index is 0.141. The number of urea groups is 1. The molecule has 9 heteroatoms. The lowest BCUT2D eigenvalue weighted by Crippen LogP contribution is -2.46. The summed E-state index contributed by atoms with van der Waals surface area (Å²) in [5.41, 5.74) is 0.154. The number of ether oxygens (including phenoxy) is 2. The van der Waals surface area contributed by atoms with Crippen LogP contribution >= 0.6 is 0 Å². The number of nitrogens with zero attached hydrogens (tertiary/aromatic N) is 3. The van der Waals surface area contributed by atoms with Crippen LogP contribution in [-0.2, 0) is 10.2 Å². The molecule has 1 N–H and O–H groups in total. The fourth-order valence-electron chi connectivity index (χ4n) is 3.96. The molecule has 1 aromatic heterocycles. The first kappa shape index (κ1) is 20.6. The Morgan fingerprint density at radius 2 is 2.03 bits per heavy atom. The lowest BCUT2D eigenvalue weighted by atomic mass is 9.79. The van der Waals surface area contributed by atoms with Gasteiger partial charge in [-0.15, -0.1) is 0 Å². The normalized spacial score (nSPS) is 19.5. The van der Waals surface area contributed by atoms with E-state index in [1.54, 1.807) is 11.0 Å². The van der Waals surface area contributed by atoms with Gasteiger partial charge in [-0.3, -0.25) is 0 Å². The largest absolute Gasteiger partial charge is 0.494 e. The third kappa shape index (κ3) is 4.26. The van der Waals surface area contributed by atoms with Gasteiger partial charge >= 0.3 is 6.03 Å². The number of nitrogens with one attached hydrogen (secondary N) is 1. The highest BCUT2D eigenvalue weighted by molar-refractivity contribution is 5.89. The molecule has 2 aliphatic rings. The van der Waals surface area contributed by atoms with Crippen LogP contribution in [0, 0.1) is 5.82 Å². The van der Waals surface area contributed by atoms with Crippen molar-refractivity contribution in [3.05, 3.63) is 35.7 Å². The van der Waals surface area contributed by atoms with Crippen LogP contribution < -0.4 is 10.1 Å². The predicted molar refractivity (Wildman–Crippen MR) is 107 cm³/mol. The van der Waals surface area contributed by atoms with Crippen LogP contribution in [0.3, 0.4) is 0 Å². The number of carbonyl (C=O) groups is 1. The van der Waals surface area contributed by atoms with Crippen molar-refractivity contribution < 1.29 is 23.2 Å². The van der Waals surface area contributed by atoms with E-state index in [1.165, 1.54) is 19.2 Å². The van der Waals surface area contributed by atoms with Crippen molar-refractivity contribution in [2.75, 3.05) is 38.7 Å². The van der Waals surface area contributed by atoms with Gasteiger partial charge < -0.3 is 24.2 Å². The first-order valence-electron chi connectivity index (χ1n) is 10.3. The number of halogens is 1. The first-order chi connectivity index (χ1) is 14.5. The minimum atomic E-state index is -0.515. The summed E-state index contributed by atoms with van der Waals surface area (Å²) in [5.74, 6) is 1.29. The number of methoxy groups -OCH3 is 1. The van der Waals surface area contributed by atoms with Gasteiger partial charge in [0.2, 0.25) is 5.89 Å². The SMILES string of the molecule is COc1ccc(NC(=O)N2CCC(C)(c3noc(C4CCOCC4)n3)CC2)cc1F. The molecule has 0 atom stereocenters. The molecule has 162 valence electrons. The highest BCUT2D eigenvalue weighted by atomic mass is 19.1. The Balaban J connectivity index is 1.35. The quantitative estimate of drug-likeness (QED) is 0.814. The van der Waals surface area contributed by atoms with Gasteiger partial charge in [-0.1, -0.05) is 12.1 Å². The summed E-state index contributed by atoms with van der Waals surface area (Å²) in [4.78, 5) is 19.0. The topological polar surface area (TPSA) is 89.7 Å². The van der Waals surface area contributed by atoms with Crippen molar-refractivity contribution >= 4 is 11.7 Å². The molecule has 2 saturated heterocycles. The molecular weight excluding hydrogens is 391 g/mol. The van der Waals surface area contributed by atoms with Gasteiger partial charge in [0.25, 0.3) is 0 Å². The van der Waals surface area contributed by atoms with Gasteiger partial charge in [-0.05, 0) is 37.8 Å². The van der Waals surface area contributed by atoms with Crippen LogP contribution in [0.2, 0.25) is 0 Å². The maximum atomic E-state index is 13.8. The highest BCUT2D eigenvalue weighted by Gasteiger charge is 2.38. The molecule has 2 aromatic rings. The van der Waals surface area contributed by atoms with Crippen molar-refractivity contribution in [2.24, 2.45) is 0 Å². The van der Waals surface area contributed by atoms with Crippen molar-refractivity contribution in [3.63, 3.8) is 0 Å². The van der Waals surface area contributed by atoms with Crippen LogP contribution in [0.5, 0.6) is 5.75 Å². The fourth-order valence-corrected chi connectivity index (χ4v) is 3.96. The van der Waals surface area contributed by atoms with Gasteiger partial charge in [-0.25, -0.2) is 9.18 Å². The molecule has 0 radical (unpaired) electrons. The number of hydrogen-bond acceptors (Lipinski definition) is 6. The molecule has 4 rings (SSSR count). The zero-order valence-corrected chi connectivity index (χ0v) is 17.3. The minimum Gasteiger partial charge on any atom is -0.494 e. The van der Waals surface area contributed by atoms with Crippen molar-refractivity contribution in [3.8, 4) is 5.75 Å². The van der Waals surface area contributed by atoms with E-state index in [-0.39, 0.29) is 23.1 Å². The van der Waals surface area contributed by atoms with Crippen LogP contribution in [0.15, 0.2) is 22.7 Å². The summed E-state index contributed by atoms with van der Waals surface area (Å²) in [6.07, 6.45) is 3.25. The standard InChI is InChI=1S/C21H27FN4O4/c1-21(19-24-18(30-25-19)14-5-11-29-12-6-14)7-9-26(10-8-21)20(27)23-15-3-4-17(28-2)16(22)13-15/h3-4,13-14H,5-12H2,1-2H3,(H,23,27). The lowest BCUT2D eigenvalue weighted by Gasteiger charge is -2.37. The molecule has 0 unspecified atom stereocenters. The van der Waals surface area contributed by atoms with Gasteiger partial charge in [0.05, 0.1) is 7.11 Å². The second-order valence-corrected chi connectivity index (χ2v) is 8.17. The van der Waals surface area contributed by atoms with Crippen LogP contribution in [0.25, 0.3) is 0 Å². The monoisotopic (exact) mass is 418 g/mol. The number of hydrogen-bond donors (Lipinski definition) is 1. The molecule has 1 aromatic carbocycles. The molecule has 0 aliphatic carbocycles. The van der Waals surface area contributed by atoms with Gasteiger partial charge in [-0.2, -0.15) is 4.98 Å². The number of amides is 2. The van der Waals surface area contributed by atoms with Crippen LogP contribution in [0.4, 0.5) is 14.9 Å². The summed E-state index contributed by atoms with van der Waals surface area (Å²) in [5, 5.41) is 7.00. The smallest absolute Gasteiger partial charge is 0.321 e. The highest BCUT2D eigenvalue weighted by Crippen LogP contribution is 2.35. The second kappa shape index (κ2) is 8.59. The Morgan fingerprint density at radius 3 is 2.70 bits per heavy atom. The Bertz CT molecular complexity index is 889. The van der Waals surface area contributed by atoms with E-state index in [4.69, 9.17) is 14.0 Å². The van der Waals surface area contributed by atoms with Crippen molar-refractivity contribution in [1.82, 2.24) is 15.0 Å². The average molecular weight is 418 g/mol. The van der Waals surface area contributed by atoms with E-state index in [0.29, 0.717) is 30.5 Å². The molecule has 8 nitrogen and oxygen atoms in total. The molecule has 2 aliphatic heterocycles. The lowest BCUT2D eigenvalue weighted by molar-refractivity contribution is 0.0778. The molecule has 30 heavy (non-hydrogen) atoms. The Hall–Kier alpha value is -2.68. The number of likely N-dealkylation sites (tertiary alicyclic amines) is 1. The molecule has 2 amide bonds. The Kier molecular flexibility index (Phi) is 5.90. The fraction of sp³-hybridized carbons (Fsp3) is 0.571. The third-order valence-corrected chi connectivity index (χ3v) is 6.11. The van der Waals surface area contributed by atoms with Crippen LogP contribution in [0.1, 0.15) is 50.2 Å². The third-order valence-electron chi connectivity index (χ3n) is 6.11. The Morgan fingerprint density at radius 1 is 1.30 bits per heavy atom. The van der Waals surface area contributed by atoms with Gasteiger partial charge in [0, 0.05) is 49.4 Å². The molecule has 0 saturated carbocycles. The summed E-state index contributed by atoms with van der Waals surface area (Å²) in [6.45, 7) is 4.67. The number of carbonyl (C=O) groups excluding carboxylic acids is 1. The summed E-state index contributed by atoms with van der Waals surface area (Å²) >= 11 is 0. The molecule has 3 heterocycles. The van der Waals surface area contributed by atoms with E-state index in [2.05, 4.69) is 22.4 Å². The number of aromatic nitrogens is 2. The number of piperidine rings is 1. The maximum Gasteiger partial charge on any atom is 0.321 e. The molecule has 0 bridgehead atoms. The van der Waals surface area contributed by atoms with Crippen LogP contribution in [-0.4, -0.2) is 54.5 Å². The Labute approximate surface area is 174 Å². The van der Waals surface area contributed by atoms with E-state index in [1.807, 2.05) is 0 Å². The van der Waals surface area contributed by atoms with Gasteiger partial charge in [0.1, 0.15) is 0 Å². The van der Waals surface area contributed by atoms with E-state index in [0.717, 1.165) is 38.9 Å². The van der Waals surface area contributed by atoms with E-state index >= 15 is 0 Å². The van der Waals surface area contributed by atoms with Gasteiger partial charge in [0.15, 0.2) is 17.4 Å². The number of rotatable bonds is 4. The molecule has 0 spiro atoms. The van der Waals surface area contributed by atoms with E-state index < -0.39 is 5.82 Å². The zero-order valence-electron chi connectivity index (χ0n) is 17.3. The summed E-state index contributed by atoms with van der Waals surface area (Å²) in [7, 11) is 1.40. The van der Waals surface area contributed by atoms with Crippen molar-refractivity contribution in [2.45, 2.75) is 43.9 Å². The molecular formula is C21H27FN4O4. The second-order valence-electron chi connectivity index (χ2n) is 8.17. The van der Waals surface area contributed by atoms with Crippen molar-refractivity contribution in [1.29, 1.82) is 0 Å². The average Bonchev–Trinajstić information content (AvgIpc) is 3.26. The first-order valence-corrected chi connectivity index (χ1v) is 10.3. The molecule has 2 fully saturated rings. The van der Waals surface area contributed by atoms with E-state index in [9.17, 15) is 9.18 Å². The number of anilines is 1. The maximum absolute atomic E-state index is 13.8. The summed E-state index contributed by atoms with van der Waals surface area (Å²) < 4.78 is 29.7. The predicted octanol–water partition coefficient (Wildman–Crippen LogP) is 3.70. The summed E-state index contributed by atoms with van der Waals surface area (Å²) in [6, 6.07) is 4.11. The zero-order chi connectivity index (χ0) is 21.1. The number of benzene rings is 1.